The summed E-state index contributed by atoms with van der Waals surface area (Å²) in [7, 11) is 0. The first-order valence-corrected chi connectivity index (χ1v) is 6.53. The summed E-state index contributed by atoms with van der Waals surface area (Å²) in [5, 5.41) is 3.91. The van der Waals surface area contributed by atoms with Crippen LogP contribution < -0.4 is 5.73 Å². The van der Waals surface area contributed by atoms with Crippen LogP contribution in [0, 0.1) is 17.8 Å². The number of ketones is 1. The molecule has 1 heterocycles. The Balaban J connectivity index is 1.86. The molecule has 3 rings (SSSR count). The number of rotatable bonds is 2. The first-order valence-electron chi connectivity index (χ1n) is 5.59. The SMILES string of the molecule is NC1C2CCC(C2)C1C(=O)c1ccsc1. The van der Waals surface area contributed by atoms with E-state index in [1.165, 1.54) is 19.3 Å². The fourth-order valence-corrected chi connectivity index (χ4v) is 3.97. The summed E-state index contributed by atoms with van der Waals surface area (Å²) in [6.45, 7) is 0. The second-order valence-corrected chi connectivity index (χ2v) is 5.59. The van der Waals surface area contributed by atoms with Crippen molar-refractivity contribution in [2.24, 2.45) is 23.5 Å². The zero-order valence-corrected chi connectivity index (χ0v) is 9.37. The van der Waals surface area contributed by atoms with Gasteiger partial charge in [0.25, 0.3) is 0 Å². The quantitative estimate of drug-likeness (QED) is 0.779. The fourth-order valence-electron chi connectivity index (χ4n) is 3.32. The zero-order valence-electron chi connectivity index (χ0n) is 8.56. The highest BCUT2D eigenvalue weighted by atomic mass is 32.1. The van der Waals surface area contributed by atoms with Gasteiger partial charge in [0.05, 0.1) is 0 Å². The Morgan fingerprint density at radius 1 is 1.40 bits per heavy atom. The van der Waals surface area contributed by atoms with Crippen LogP contribution in [0.4, 0.5) is 0 Å². The predicted molar refractivity (Wildman–Crippen MR) is 60.9 cm³/mol. The van der Waals surface area contributed by atoms with Crippen LogP contribution >= 0.6 is 11.3 Å². The van der Waals surface area contributed by atoms with E-state index in [4.69, 9.17) is 5.73 Å². The molecule has 0 amide bonds. The zero-order chi connectivity index (χ0) is 10.4. The smallest absolute Gasteiger partial charge is 0.168 e. The van der Waals surface area contributed by atoms with Gasteiger partial charge < -0.3 is 5.73 Å². The summed E-state index contributed by atoms with van der Waals surface area (Å²) in [6, 6.07) is 2.04. The van der Waals surface area contributed by atoms with Gasteiger partial charge in [0.2, 0.25) is 0 Å². The van der Waals surface area contributed by atoms with Crippen LogP contribution in [0.2, 0.25) is 0 Å². The van der Waals surface area contributed by atoms with Gasteiger partial charge >= 0.3 is 0 Å². The lowest BCUT2D eigenvalue weighted by molar-refractivity contribution is 0.0856. The maximum Gasteiger partial charge on any atom is 0.168 e. The van der Waals surface area contributed by atoms with Crippen LogP contribution in [0.1, 0.15) is 29.6 Å². The van der Waals surface area contributed by atoms with Gasteiger partial charge in [-0.15, -0.1) is 0 Å². The molecule has 3 heteroatoms. The lowest BCUT2D eigenvalue weighted by Crippen LogP contribution is -2.40. The minimum absolute atomic E-state index is 0.110. The van der Waals surface area contributed by atoms with Crippen LogP contribution in [-0.4, -0.2) is 11.8 Å². The number of thiophene rings is 1. The summed E-state index contributed by atoms with van der Waals surface area (Å²) < 4.78 is 0. The molecule has 4 atom stereocenters. The van der Waals surface area contributed by atoms with Crippen molar-refractivity contribution in [2.75, 3.05) is 0 Å². The highest BCUT2D eigenvalue weighted by Gasteiger charge is 2.48. The Bertz CT molecular complexity index is 371. The Hall–Kier alpha value is -0.670. The third kappa shape index (κ3) is 1.37. The molecule has 1 aromatic heterocycles. The van der Waals surface area contributed by atoms with Gasteiger partial charge in [0, 0.05) is 22.9 Å². The molecule has 2 N–H and O–H groups in total. The van der Waals surface area contributed by atoms with E-state index in [9.17, 15) is 4.79 Å². The number of carbonyl (C=O) groups excluding carboxylic acids is 1. The van der Waals surface area contributed by atoms with Gasteiger partial charge in [0.1, 0.15) is 0 Å². The maximum atomic E-state index is 12.2. The molecule has 2 saturated carbocycles. The molecule has 0 spiro atoms. The van der Waals surface area contributed by atoms with Gasteiger partial charge in [-0.05, 0) is 42.5 Å². The summed E-state index contributed by atoms with van der Waals surface area (Å²) in [6.07, 6.45) is 3.62. The van der Waals surface area contributed by atoms with Gasteiger partial charge in [0.15, 0.2) is 5.78 Å². The summed E-state index contributed by atoms with van der Waals surface area (Å²) in [5.74, 6) is 1.58. The minimum atomic E-state index is 0.110. The molecular formula is C12H15NOS. The molecule has 0 saturated heterocycles. The van der Waals surface area contributed by atoms with Crippen molar-refractivity contribution in [3.8, 4) is 0 Å². The number of carbonyl (C=O) groups is 1. The second kappa shape index (κ2) is 3.42. The van der Waals surface area contributed by atoms with Crippen molar-refractivity contribution < 1.29 is 4.79 Å². The van der Waals surface area contributed by atoms with E-state index in [0.29, 0.717) is 11.8 Å². The second-order valence-electron chi connectivity index (χ2n) is 4.81. The van der Waals surface area contributed by atoms with Crippen molar-refractivity contribution in [3.63, 3.8) is 0 Å². The number of fused-ring (bicyclic) bond motifs is 2. The number of hydrogen-bond donors (Lipinski definition) is 1. The van der Waals surface area contributed by atoms with Crippen molar-refractivity contribution in [1.82, 2.24) is 0 Å². The van der Waals surface area contributed by atoms with Crippen LogP contribution in [0.5, 0.6) is 0 Å². The molecule has 0 aromatic carbocycles. The van der Waals surface area contributed by atoms with Crippen LogP contribution in [-0.2, 0) is 0 Å². The average molecular weight is 221 g/mol. The summed E-state index contributed by atoms with van der Waals surface area (Å²) in [4.78, 5) is 12.2. The van der Waals surface area contributed by atoms with E-state index in [1.807, 2.05) is 16.8 Å². The van der Waals surface area contributed by atoms with E-state index < -0.39 is 0 Å². The number of Topliss-reactive ketones (excluding diaryl/α,β-unsaturated/α-hetero) is 1. The minimum Gasteiger partial charge on any atom is -0.327 e. The van der Waals surface area contributed by atoms with Crippen LogP contribution in [0.25, 0.3) is 0 Å². The topological polar surface area (TPSA) is 43.1 Å². The first-order chi connectivity index (χ1) is 7.27. The molecular weight excluding hydrogens is 206 g/mol. The highest BCUT2D eigenvalue weighted by molar-refractivity contribution is 7.08. The molecule has 0 aliphatic heterocycles. The average Bonchev–Trinajstić information content (AvgIpc) is 2.93. The standard InChI is InChI=1S/C12H15NOS/c13-11-8-2-1-7(5-8)10(11)12(14)9-3-4-15-6-9/h3-4,6-8,10-11H,1-2,5,13H2. The van der Waals surface area contributed by atoms with Crippen molar-refractivity contribution in [2.45, 2.75) is 25.3 Å². The third-order valence-corrected chi connectivity index (χ3v) is 4.77. The van der Waals surface area contributed by atoms with E-state index in [1.54, 1.807) is 11.3 Å². The monoisotopic (exact) mass is 221 g/mol. The Labute approximate surface area is 93.5 Å². The van der Waals surface area contributed by atoms with Gasteiger partial charge in [-0.2, -0.15) is 11.3 Å². The van der Waals surface area contributed by atoms with Gasteiger partial charge in [-0.3, -0.25) is 4.79 Å². The molecule has 2 bridgehead atoms. The van der Waals surface area contributed by atoms with Gasteiger partial charge in [-0.1, -0.05) is 0 Å². The maximum absolute atomic E-state index is 12.2. The molecule has 80 valence electrons. The largest absolute Gasteiger partial charge is 0.327 e. The van der Waals surface area contributed by atoms with Crippen molar-refractivity contribution >= 4 is 17.1 Å². The Morgan fingerprint density at radius 2 is 2.20 bits per heavy atom. The summed E-state index contributed by atoms with van der Waals surface area (Å²) >= 11 is 1.59. The lowest BCUT2D eigenvalue weighted by atomic mass is 9.80. The van der Waals surface area contributed by atoms with Crippen LogP contribution in [0.3, 0.4) is 0 Å². The molecule has 15 heavy (non-hydrogen) atoms. The number of hydrogen-bond acceptors (Lipinski definition) is 3. The van der Waals surface area contributed by atoms with E-state index in [2.05, 4.69) is 0 Å². The predicted octanol–water partition coefficient (Wildman–Crippen LogP) is 2.30. The summed E-state index contributed by atoms with van der Waals surface area (Å²) in [5.41, 5.74) is 7.02. The van der Waals surface area contributed by atoms with E-state index in [-0.39, 0.29) is 17.7 Å². The normalized spacial score (nSPS) is 38.5. The fraction of sp³-hybridized carbons (Fsp3) is 0.583. The molecule has 0 radical (unpaired) electrons. The first kappa shape index (κ1) is 9.55. The van der Waals surface area contributed by atoms with E-state index in [0.717, 1.165) is 5.56 Å². The van der Waals surface area contributed by atoms with Crippen LogP contribution in [0.15, 0.2) is 16.8 Å². The lowest BCUT2D eigenvalue weighted by Gasteiger charge is -2.26. The molecule has 2 nitrogen and oxygen atoms in total. The Kier molecular flexibility index (Phi) is 2.18. The molecule has 2 aliphatic carbocycles. The van der Waals surface area contributed by atoms with Crippen molar-refractivity contribution in [3.05, 3.63) is 22.4 Å². The highest BCUT2D eigenvalue weighted by Crippen LogP contribution is 2.48. The van der Waals surface area contributed by atoms with Crippen molar-refractivity contribution in [1.29, 1.82) is 0 Å². The van der Waals surface area contributed by atoms with Gasteiger partial charge in [-0.25, -0.2) is 0 Å². The molecule has 4 unspecified atom stereocenters. The molecule has 2 aliphatic rings. The molecule has 1 aromatic rings. The molecule has 2 fully saturated rings. The number of nitrogens with two attached hydrogens (primary N) is 1. The third-order valence-electron chi connectivity index (χ3n) is 4.09. The Morgan fingerprint density at radius 3 is 2.80 bits per heavy atom. The van der Waals surface area contributed by atoms with E-state index >= 15 is 0 Å².